The average molecular weight is 403 g/mol. The first kappa shape index (κ1) is 16.8. The topological polar surface area (TPSA) is 21.1 Å². The zero-order chi connectivity index (χ0) is 14.7. The van der Waals surface area contributed by atoms with Crippen molar-refractivity contribution >= 4 is 71.5 Å². The van der Waals surface area contributed by atoms with E-state index >= 15 is 4.39 Å². The van der Waals surface area contributed by atoms with Crippen molar-refractivity contribution in [3.63, 3.8) is 0 Å². The first-order valence-corrected chi connectivity index (χ1v) is 9.49. The normalized spacial score (nSPS) is 35.8. The number of fused-ring (bicyclic) bond motifs is 1. The molecule has 0 bridgehead atoms. The number of rotatable bonds is 1. The van der Waals surface area contributed by atoms with Gasteiger partial charge in [0.05, 0.1) is 0 Å². The third kappa shape index (κ3) is 2.43. The van der Waals surface area contributed by atoms with Crippen molar-refractivity contribution in [1.82, 2.24) is 14.5 Å². The Labute approximate surface area is 162 Å². The summed E-state index contributed by atoms with van der Waals surface area (Å²) in [5, 5.41) is 0. The molecule has 3 atom stereocenters. The Balaban J connectivity index is 2.76. The molecule has 1 aliphatic heterocycles. The molecular formula is C13H20FIKN3. The van der Waals surface area contributed by atoms with Crippen LogP contribution in [0.4, 0.5) is 4.39 Å². The standard InChI is InChI=1S/C13H20FIN3.K/c1-7(2)18-12(15)8(3)10-11(13(18,5)14)16-9(4)17(10)6;/h7,12H,1-6H3;. The van der Waals surface area contributed by atoms with Crippen LogP contribution in [-0.4, -0.2) is 73.5 Å². The second-order valence-electron chi connectivity index (χ2n) is 6.43. The Bertz CT molecular complexity index is 510. The predicted octanol–water partition coefficient (Wildman–Crippen LogP) is 2.74. The quantitative estimate of drug-likeness (QED) is 0.311. The number of alkyl halides is 2. The minimum absolute atomic E-state index is 0.0504. The van der Waals surface area contributed by atoms with Crippen molar-refractivity contribution < 1.29 is 4.39 Å². The predicted molar refractivity (Wildman–Crippen MR) is 84.3 cm³/mol. The SMILES string of the molecule is Cc1nc2c(n1C)[C](C)([K])C(I)N(C(C)C)C2(C)F. The molecule has 0 aromatic carbocycles. The van der Waals surface area contributed by atoms with E-state index in [4.69, 9.17) is 0 Å². The van der Waals surface area contributed by atoms with Crippen LogP contribution in [0.3, 0.4) is 0 Å². The van der Waals surface area contributed by atoms with Crippen molar-refractivity contribution in [3.8, 4) is 0 Å². The molecule has 0 amide bonds. The molecule has 102 valence electrons. The number of aryl methyl sites for hydroxylation is 1. The summed E-state index contributed by atoms with van der Waals surface area (Å²) < 4.78 is 17.7. The molecule has 0 N–H and O–H groups in total. The zero-order valence-electron chi connectivity index (χ0n) is 12.8. The van der Waals surface area contributed by atoms with Gasteiger partial charge in [-0.3, -0.25) is 0 Å². The van der Waals surface area contributed by atoms with Crippen LogP contribution in [0.5, 0.6) is 0 Å². The maximum atomic E-state index is 15.4. The first-order valence-electron chi connectivity index (χ1n) is 6.68. The summed E-state index contributed by atoms with van der Waals surface area (Å²) in [4.78, 5) is 6.52. The van der Waals surface area contributed by atoms with Crippen LogP contribution < -0.4 is 0 Å². The average Bonchev–Trinajstić information content (AvgIpc) is 2.54. The molecule has 1 aromatic rings. The van der Waals surface area contributed by atoms with Crippen LogP contribution in [0.2, 0.25) is 0 Å². The van der Waals surface area contributed by atoms with Gasteiger partial charge in [-0.15, -0.1) is 0 Å². The fourth-order valence-electron chi connectivity index (χ4n) is 3.21. The van der Waals surface area contributed by atoms with Crippen LogP contribution >= 0.6 is 22.6 Å². The fourth-order valence-corrected chi connectivity index (χ4v) is 6.00. The van der Waals surface area contributed by atoms with Gasteiger partial charge in [0.2, 0.25) is 0 Å². The Morgan fingerprint density at radius 2 is 1.95 bits per heavy atom. The van der Waals surface area contributed by atoms with Gasteiger partial charge in [0.1, 0.15) is 0 Å². The van der Waals surface area contributed by atoms with Crippen molar-refractivity contribution in [2.75, 3.05) is 0 Å². The molecule has 0 spiro atoms. The Morgan fingerprint density at radius 3 is 2.42 bits per heavy atom. The van der Waals surface area contributed by atoms with E-state index in [2.05, 4.69) is 52.9 Å². The second kappa shape index (κ2) is 5.28. The van der Waals surface area contributed by atoms with Crippen molar-refractivity contribution in [1.29, 1.82) is 0 Å². The van der Waals surface area contributed by atoms with Crippen LogP contribution in [0, 0.1) is 6.92 Å². The van der Waals surface area contributed by atoms with Gasteiger partial charge in [-0.2, -0.15) is 0 Å². The number of imidazole rings is 1. The van der Waals surface area contributed by atoms with Gasteiger partial charge in [-0.1, -0.05) is 0 Å². The number of hydrogen-bond acceptors (Lipinski definition) is 2. The molecule has 1 aliphatic rings. The molecule has 2 rings (SSSR count). The monoisotopic (exact) mass is 403 g/mol. The molecule has 3 unspecified atom stereocenters. The number of aromatic nitrogens is 2. The summed E-state index contributed by atoms with van der Waals surface area (Å²) in [5.41, 5.74) is 1.73. The molecular weight excluding hydrogens is 383 g/mol. The first-order chi connectivity index (χ1) is 8.52. The summed E-state index contributed by atoms with van der Waals surface area (Å²) in [7, 11) is 2.01. The summed E-state index contributed by atoms with van der Waals surface area (Å²) >= 11 is 2.96. The Kier molecular flexibility index (Phi) is 4.67. The van der Waals surface area contributed by atoms with E-state index in [1.54, 1.807) is 6.92 Å². The molecule has 3 nitrogen and oxygen atoms in total. The molecule has 6 heteroatoms. The number of nitrogens with zero attached hydrogens (tertiary/aromatic N) is 3. The summed E-state index contributed by atoms with van der Waals surface area (Å²) in [6, 6.07) is 0.161. The Morgan fingerprint density at radius 1 is 1.42 bits per heavy atom. The van der Waals surface area contributed by atoms with Crippen molar-refractivity contribution in [2.24, 2.45) is 7.05 Å². The van der Waals surface area contributed by atoms with Gasteiger partial charge in [-0.25, -0.2) is 0 Å². The number of halogens is 2. The second-order valence-corrected chi connectivity index (χ2v) is 10.9. The van der Waals surface area contributed by atoms with E-state index in [1.165, 1.54) is 0 Å². The third-order valence-corrected chi connectivity index (χ3v) is 9.83. The van der Waals surface area contributed by atoms with Gasteiger partial charge < -0.3 is 0 Å². The van der Waals surface area contributed by atoms with Gasteiger partial charge in [0.25, 0.3) is 0 Å². The molecule has 1 aromatic heterocycles. The molecule has 0 radical (unpaired) electrons. The summed E-state index contributed by atoms with van der Waals surface area (Å²) in [6.07, 6.45) is 0. The van der Waals surface area contributed by atoms with Crippen LogP contribution in [0.15, 0.2) is 0 Å². The van der Waals surface area contributed by atoms with Crippen LogP contribution in [-0.2, 0) is 12.3 Å². The van der Waals surface area contributed by atoms with Crippen molar-refractivity contribution in [2.45, 2.75) is 50.0 Å². The fraction of sp³-hybridized carbons (Fsp3) is 0.769. The zero-order valence-corrected chi connectivity index (χ0v) is 18.0. The van der Waals surface area contributed by atoms with Crippen LogP contribution in [0.1, 0.15) is 44.9 Å². The van der Waals surface area contributed by atoms with Crippen LogP contribution in [0.25, 0.3) is 0 Å². The van der Waals surface area contributed by atoms with Gasteiger partial charge in [-0.05, 0) is 0 Å². The summed E-state index contributed by atoms with van der Waals surface area (Å²) in [5.74, 6) is -0.586. The van der Waals surface area contributed by atoms with E-state index in [-0.39, 0.29) is 9.60 Å². The molecule has 2 heterocycles. The molecule has 0 aliphatic carbocycles. The molecule has 0 saturated carbocycles. The van der Waals surface area contributed by atoms with E-state index in [1.807, 2.05) is 18.9 Å². The maximum absolute atomic E-state index is 15.4. The van der Waals surface area contributed by atoms with E-state index in [0.717, 1.165) is 11.5 Å². The number of hydrogen-bond donors (Lipinski definition) is 0. The van der Waals surface area contributed by atoms with Gasteiger partial charge in [0, 0.05) is 0 Å². The summed E-state index contributed by atoms with van der Waals surface area (Å²) in [6.45, 7) is 10.0. The van der Waals surface area contributed by atoms with E-state index in [9.17, 15) is 0 Å². The molecule has 19 heavy (non-hydrogen) atoms. The van der Waals surface area contributed by atoms with Gasteiger partial charge >= 0.3 is 165 Å². The Hall–Kier alpha value is 1.47. The van der Waals surface area contributed by atoms with E-state index < -0.39 is 5.79 Å². The van der Waals surface area contributed by atoms with Gasteiger partial charge in [0.15, 0.2) is 0 Å². The van der Waals surface area contributed by atoms with E-state index in [0.29, 0.717) is 54.6 Å². The van der Waals surface area contributed by atoms with Crippen molar-refractivity contribution in [3.05, 3.63) is 17.2 Å². The third-order valence-electron chi connectivity index (χ3n) is 4.24. The molecule has 0 saturated heterocycles. The molecule has 0 fully saturated rings. The minimum atomic E-state index is -1.49.